The molecule has 0 bridgehead atoms. The van der Waals surface area contributed by atoms with E-state index < -0.39 is 0 Å². The Hall–Kier alpha value is -2.39. The summed E-state index contributed by atoms with van der Waals surface area (Å²) in [5, 5.41) is 13.3. The van der Waals surface area contributed by atoms with Crippen LogP contribution in [0.5, 0.6) is 0 Å². The topological polar surface area (TPSA) is 67.0 Å². The standard InChI is InChI=1S/C15H17N5O/c1-2-20-10-13(9-18-20)14-11-19(5-6-21-14)15-7-12(8-16)3-4-17-15/h3-4,7,9-10,14H,2,5-6,11H2,1H3. The Morgan fingerprint density at radius 2 is 2.43 bits per heavy atom. The highest BCUT2D eigenvalue weighted by Gasteiger charge is 2.24. The van der Waals surface area contributed by atoms with Gasteiger partial charge in [-0.1, -0.05) is 0 Å². The van der Waals surface area contributed by atoms with Gasteiger partial charge in [0.1, 0.15) is 11.9 Å². The molecule has 1 saturated heterocycles. The molecule has 1 fully saturated rings. The lowest BCUT2D eigenvalue weighted by Crippen LogP contribution is -2.38. The Bertz CT molecular complexity index is 660. The third-order valence-electron chi connectivity index (χ3n) is 3.61. The van der Waals surface area contributed by atoms with Crippen molar-refractivity contribution in [3.63, 3.8) is 0 Å². The van der Waals surface area contributed by atoms with Gasteiger partial charge in [0, 0.05) is 37.6 Å². The molecule has 1 atom stereocenters. The number of nitriles is 1. The number of morpholine rings is 1. The highest BCUT2D eigenvalue weighted by atomic mass is 16.5. The average Bonchev–Trinajstić information content (AvgIpc) is 3.04. The zero-order chi connectivity index (χ0) is 14.7. The Labute approximate surface area is 123 Å². The molecule has 0 spiro atoms. The lowest BCUT2D eigenvalue weighted by molar-refractivity contribution is 0.0395. The summed E-state index contributed by atoms with van der Waals surface area (Å²) in [6.45, 7) is 5.04. The van der Waals surface area contributed by atoms with Crippen LogP contribution in [0.4, 0.5) is 5.82 Å². The number of rotatable bonds is 3. The van der Waals surface area contributed by atoms with Crippen molar-refractivity contribution in [1.29, 1.82) is 5.26 Å². The number of aromatic nitrogens is 3. The van der Waals surface area contributed by atoms with Crippen LogP contribution < -0.4 is 4.90 Å². The highest BCUT2D eigenvalue weighted by molar-refractivity contribution is 5.45. The molecule has 0 aromatic carbocycles. The molecule has 0 N–H and O–H groups in total. The van der Waals surface area contributed by atoms with Gasteiger partial charge in [0.2, 0.25) is 0 Å². The van der Waals surface area contributed by atoms with Crippen LogP contribution in [0.1, 0.15) is 24.2 Å². The fraction of sp³-hybridized carbons (Fsp3) is 0.400. The average molecular weight is 283 g/mol. The smallest absolute Gasteiger partial charge is 0.129 e. The molecule has 0 aliphatic carbocycles. The normalized spacial score (nSPS) is 18.5. The van der Waals surface area contributed by atoms with E-state index in [0.29, 0.717) is 12.2 Å². The van der Waals surface area contributed by atoms with Gasteiger partial charge in [0.15, 0.2) is 0 Å². The van der Waals surface area contributed by atoms with E-state index in [9.17, 15) is 0 Å². The number of anilines is 1. The van der Waals surface area contributed by atoms with Crippen molar-refractivity contribution in [2.75, 3.05) is 24.6 Å². The number of ether oxygens (including phenoxy) is 1. The molecule has 0 amide bonds. The zero-order valence-electron chi connectivity index (χ0n) is 11.9. The fourth-order valence-electron chi connectivity index (χ4n) is 2.44. The van der Waals surface area contributed by atoms with Gasteiger partial charge in [-0.2, -0.15) is 10.4 Å². The largest absolute Gasteiger partial charge is 0.370 e. The predicted molar refractivity (Wildman–Crippen MR) is 77.8 cm³/mol. The van der Waals surface area contributed by atoms with Gasteiger partial charge in [0.25, 0.3) is 0 Å². The zero-order valence-corrected chi connectivity index (χ0v) is 11.9. The lowest BCUT2D eigenvalue weighted by atomic mass is 10.1. The Balaban J connectivity index is 1.77. The molecular formula is C15H17N5O. The van der Waals surface area contributed by atoms with Crippen molar-refractivity contribution in [2.45, 2.75) is 19.6 Å². The van der Waals surface area contributed by atoms with Crippen LogP contribution in [0.25, 0.3) is 0 Å². The van der Waals surface area contributed by atoms with Crippen LogP contribution in [0.3, 0.4) is 0 Å². The van der Waals surface area contributed by atoms with Crippen molar-refractivity contribution in [3.8, 4) is 6.07 Å². The van der Waals surface area contributed by atoms with E-state index in [-0.39, 0.29) is 6.10 Å². The van der Waals surface area contributed by atoms with E-state index in [0.717, 1.165) is 31.0 Å². The van der Waals surface area contributed by atoms with Crippen molar-refractivity contribution >= 4 is 5.82 Å². The summed E-state index contributed by atoms with van der Waals surface area (Å²) in [6.07, 6.45) is 5.55. The SMILES string of the molecule is CCn1cc(C2CN(c3cc(C#N)ccn3)CCO2)cn1. The maximum atomic E-state index is 8.99. The van der Waals surface area contributed by atoms with E-state index in [4.69, 9.17) is 10.00 Å². The van der Waals surface area contributed by atoms with Crippen LogP contribution in [0.15, 0.2) is 30.7 Å². The van der Waals surface area contributed by atoms with Crippen molar-refractivity contribution in [3.05, 3.63) is 41.9 Å². The maximum Gasteiger partial charge on any atom is 0.129 e. The molecular weight excluding hydrogens is 266 g/mol. The monoisotopic (exact) mass is 283 g/mol. The quantitative estimate of drug-likeness (QED) is 0.858. The molecule has 0 radical (unpaired) electrons. The van der Waals surface area contributed by atoms with Crippen LogP contribution in [0, 0.1) is 11.3 Å². The summed E-state index contributed by atoms with van der Waals surface area (Å²) < 4.78 is 7.74. The van der Waals surface area contributed by atoms with Crippen molar-refractivity contribution in [1.82, 2.24) is 14.8 Å². The summed E-state index contributed by atoms with van der Waals surface area (Å²) in [5.41, 5.74) is 1.71. The Kier molecular flexibility index (Phi) is 3.84. The maximum absolute atomic E-state index is 8.99. The summed E-state index contributed by atoms with van der Waals surface area (Å²) in [4.78, 5) is 6.51. The van der Waals surface area contributed by atoms with E-state index in [1.165, 1.54) is 0 Å². The summed E-state index contributed by atoms with van der Waals surface area (Å²) in [6, 6.07) is 5.68. The molecule has 1 unspecified atom stereocenters. The van der Waals surface area contributed by atoms with Gasteiger partial charge < -0.3 is 9.64 Å². The first-order chi connectivity index (χ1) is 10.3. The molecule has 6 nitrogen and oxygen atoms in total. The number of nitrogens with zero attached hydrogens (tertiary/aromatic N) is 5. The molecule has 2 aromatic rings. The summed E-state index contributed by atoms with van der Waals surface area (Å²) in [7, 11) is 0. The van der Waals surface area contributed by atoms with Crippen LogP contribution >= 0.6 is 0 Å². The van der Waals surface area contributed by atoms with Crippen molar-refractivity contribution in [2.24, 2.45) is 0 Å². The van der Waals surface area contributed by atoms with E-state index in [1.54, 1.807) is 12.3 Å². The molecule has 0 saturated carbocycles. The molecule has 21 heavy (non-hydrogen) atoms. The minimum Gasteiger partial charge on any atom is -0.370 e. The summed E-state index contributed by atoms with van der Waals surface area (Å²) >= 11 is 0. The molecule has 1 aliphatic heterocycles. The fourth-order valence-corrected chi connectivity index (χ4v) is 2.44. The second-order valence-electron chi connectivity index (χ2n) is 4.95. The molecule has 108 valence electrons. The van der Waals surface area contributed by atoms with Gasteiger partial charge in [-0.3, -0.25) is 4.68 Å². The Morgan fingerprint density at radius 1 is 1.52 bits per heavy atom. The molecule has 1 aliphatic rings. The van der Waals surface area contributed by atoms with E-state index in [1.807, 2.05) is 23.1 Å². The van der Waals surface area contributed by atoms with Crippen LogP contribution in [0.2, 0.25) is 0 Å². The Morgan fingerprint density at radius 3 is 3.19 bits per heavy atom. The van der Waals surface area contributed by atoms with Gasteiger partial charge >= 0.3 is 0 Å². The van der Waals surface area contributed by atoms with Crippen LogP contribution in [-0.4, -0.2) is 34.5 Å². The number of hydrogen-bond donors (Lipinski definition) is 0. The highest BCUT2D eigenvalue weighted by Crippen LogP contribution is 2.25. The van der Waals surface area contributed by atoms with Crippen molar-refractivity contribution < 1.29 is 4.74 Å². The number of pyridine rings is 1. The minimum absolute atomic E-state index is 0.00779. The molecule has 3 heterocycles. The third-order valence-corrected chi connectivity index (χ3v) is 3.61. The van der Waals surface area contributed by atoms with Gasteiger partial charge in [-0.15, -0.1) is 0 Å². The third kappa shape index (κ3) is 2.88. The van der Waals surface area contributed by atoms with E-state index in [2.05, 4.69) is 28.0 Å². The number of hydrogen-bond acceptors (Lipinski definition) is 5. The molecule has 6 heteroatoms. The molecule has 3 rings (SSSR count). The minimum atomic E-state index is -0.00779. The second-order valence-corrected chi connectivity index (χ2v) is 4.95. The molecule has 2 aromatic heterocycles. The first-order valence-corrected chi connectivity index (χ1v) is 7.05. The lowest BCUT2D eigenvalue weighted by Gasteiger charge is -2.33. The van der Waals surface area contributed by atoms with Gasteiger partial charge in [-0.05, 0) is 19.1 Å². The van der Waals surface area contributed by atoms with E-state index >= 15 is 0 Å². The number of aryl methyl sites for hydroxylation is 1. The van der Waals surface area contributed by atoms with Crippen LogP contribution in [-0.2, 0) is 11.3 Å². The second kappa shape index (κ2) is 5.94. The van der Waals surface area contributed by atoms with Gasteiger partial charge in [-0.25, -0.2) is 4.98 Å². The predicted octanol–water partition coefficient (Wildman–Crippen LogP) is 1.75. The first-order valence-electron chi connectivity index (χ1n) is 7.05. The first kappa shape index (κ1) is 13.6. The summed E-state index contributed by atoms with van der Waals surface area (Å²) in [5.74, 6) is 0.824. The van der Waals surface area contributed by atoms with Gasteiger partial charge in [0.05, 0.1) is 24.4 Å².